The van der Waals surface area contributed by atoms with Gasteiger partial charge in [0.2, 0.25) is 0 Å². The maximum atomic E-state index is 10.7. The van der Waals surface area contributed by atoms with Crippen molar-refractivity contribution in [1.29, 1.82) is 0 Å². The van der Waals surface area contributed by atoms with Gasteiger partial charge in [-0.1, -0.05) is 18.2 Å². The number of nitrogens with zero attached hydrogens (tertiary/aromatic N) is 5. The van der Waals surface area contributed by atoms with Crippen LogP contribution in [-0.4, -0.2) is 43.2 Å². The summed E-state index contributed by atoms with van der Waals surface area (Å²) in [5.74, 6) is 0.919. The molecule has 0 bridgehead atoms. The van der Waals surface area contributed by atoms with E-state index in [1.54, 1.807) is 18.0 Å². The molecule has 1 aromatic carbocycles. The van der Waals surface area contributed by atoms with Gasteiger partial charge < -0.3 is 9.84 Å². The molecule has 7 heteroatoms. The zero-order chi connectivity index (χ0) is 18.8. The number of benzene rings is 1. The molecule has 0 fully saturated rings. The first-order valence-electron chi connectivity index (χ1n) is 9.22. The summed E-state index contributed by atoms with van der Waals surface area (Å²) >= 11 is 0. The van der Waals surface area contributed by atoms with E-state index in [0.29, 0.717) is 5.69 Å². The molecule has 0 amide bonds. The Hall–Kier alpha value is -2.64. The van der Waals surface area contributed by atoms with Crippen molar-refractivity contribution in [3.63, 3.8) is 0 Å². The third-order valence-electron chi connectivity index (χ3n) is 5.12. The maximum Gasteiger partial charge on any atom is 0.139 e. The molecular weight excluding hydrogens is 342 g/mol. The number of aryl methyl sites for hydroxylation is 2. The van der Waals surface area contributed by atoms with Gasteiger partial charge in [-0.25, -0.2) is 0 Å². The summed E-state index contributed by atoms with van der Waals surface area (Å²) in [4.78, 5) is 2.40. The minimum atomic E-state index is -0.764. The van der Waals surface area contributed by atoms with Crippen molar-refractivity contribution in [1.82, 2.24) is 24.5 Å². The average molecular weight is 367 g/mol. The summed E-state index contributed by atoms with van der Waals surface area (Å²) in [6, 6.07) is 12.0. The molecule has 142 valence electrons. The van der Waals surface area contributed by atoms with Gasteiger partial charge in [0.25, 0.3) is 0 Å². The van der Waals surface area contributed by atoms with Gasteiger partial charge in [0, 0.05) is 45.0 Å². The van der Waals surface area contributed by atoms with Crippen LogP contribution in [0.3, 0.4) is 0 Å². The number of fused-ring (bicyclic) bond motifs is 1. The molecule has 2 aromatic heterocycles. The number of methoxy groups -OCH3 is 1. The van der Waals surface area contributed by atoms with Crippen LogP contribution in [0.2, 0.25) is 0 Å². The van der Waals surface area contributed by atoms with E-state index in [1.807, 2.05) is 42.1 Å². The molecule has 1 N–H and O–H groups in total. The predicted octanol–water partition coefficient (Wildman–Crippen LogP) is 2.11. The van der Waals surface area contributed by atoms with Crippen LogP contribution in [0, 0.1) is 0 Å². The van der Waals surface area contributed by atoms with Crippen molar-refractivity contribution >= 4 is 0 Å². The standard InChI is InChI=1S/C20H25N5O2/c1-23-18(8-9-21-23)20(26)17-12-16-14-24(10-5-11-25(16)22-17)13-15-6-3-4-7-19(15)27-2/h3-4,6-9,12,20,26H,5,10-11,13-14H2,1-2H3. The van der Waals surface area contributed by atoms with E-state index >= 15 is 0 Å². The molecule has 3 heterocycles. The molecule has 1 aliphatic rings. The zero-order valence-corrected chi connectivity index (χ0v) is 15.7. The van der Waals surface area contributed by atoms with Crippen LogP contribution < -0.4 is 4.74 Å². The Bertz CT molecular complexity index is 917. The smallest absolute Gasteiger partial charge is 0.139 e. The molecule has 3 aromatic rings. The first-order chi connectivity index (χ1) is 13.2. The number of para-hydroxylation sites is 1. The Morgan fingerprint density at radius 3 is 2.85 bits per heavy atom. The quantitative estimate of drug-likeness (QED) is 0.748. The number of aliphatic hydroxyl groups is 1. The van der Waals surface area contributed by atoms with Crippen LogP contribution >= 0.6 is 0 Å². The minimum Gasteiger partial charge on any atom is -0.496 e. The summed E-state index contributed by atoms with van der Waals surface area (Å²) in [6.07, 6.45) is 1.94. The zero-order valence-electron chi connectivity index (χ0n) is 15.7. The van der Waals surface area contributed by atoms with Gasteiger partial charge >= 0.3 is 0 Å². The average Bonchev–Trinajstić information content (AvgIpc) is 3.23. The Labute approximate surface area is 158 Å². The van der Waals surface area contributed by atoms with Crippen LogP contribution in [0.1, 0.15) is 35.2 Å². The molecule has 0 saturated heterocycles. The topological polar surface area (TPSA) is 68.3 Å². The van der Waals surface area contributed by atoms with Gasteiger partial charge in [0.05, 0.1) is 24.2 Å². The van der Waals surface area contributed by atoms with Gasteiger partial charge in [-0.3, -0.25) is 14.3 Å². The Kier molecular flexibility index (Phi) is 4.96. The summed E-state index contributed by atoms with van der Waals surface area (Å²) in [5.41, 5.74) is 3.73. The van der Waals surface area contributed by atoms with E-state index in [4.69, 9.17) is 4.74 Å². The molecule has 0 saturated carbocycles. The first-order valence-corrected chi connectivity index (χ1v) is 9.22. The third kappa shape index (κ3) is 3.61. The van der Waals surface area contributed by atoms with Crippen molar-refractivity contribution < 1.29 is 9.84 Å². The molecule has 1 aliphatic heterocycles. The van der Waals surface area contributed by atoms with Crippen LogP contribution in [0.25, 0.3) is 0 Å². The van der Waals surface area contributed by atoms with Crippen molar-refractivity contribution in [3.8, 4) is 5.75 Å². The van der Waals surface area contributed by atoms with Crippen LogP contribution in [0.5, 0.6) is 5.75 Å². The lowest BCUT2D eigenvalue weighted by atomic mass is 10.1. The molecule has 0 aliphatic carbocycles. The summed E-state index contributed by atoms with van der Waals surface area (Å²) in [7, 11) is 3.54. The fourth-order valence-corrected chi connectivity index (χ4v) is 3.70. The van der Waals surface area contributed by atoms with E-state index in [9.17, 15) is 5.11 Å². The number of hydrogen-bond donors (Lipinski definition) is 1. The lowest BCUT2D eigenvalue weighted by molar-refractivity contribution is 0.203. The molecule has 7 nitrogen and oxygen atoms in total. The lowest BCUT2D eigenvalue weighted by Gasteiger charge is -2.20. The largest absolute Gasteiger partial charge is 0.496 e. The molecule has 0 spiro atoms. The fraction of sp³-hybridized carbons (Fsp3) is 0.400. The van der Waals surface area contributed by atoms with E-state index in [0.717, 1.165) is 49.7 Å². The number of ether oxygens (including phenoxy) is 1. The van der Waals surface area contributed by atoms with E-state index < -0.39 is 6.10 Å². The normalized spacial score (nSPS) is 16.0. The van der Waals surface area contributed by atoms with Gasteiger partial charge in [0.1, 0.15) is 11.9 Å². The molecule has 0 radical (unpaired) electrons. The molecule has 1 atom stereocenters. The van der Waals surface area contributed by atoms with E-state index in [2.05, 4.69) is 21.2 Å². The SMILES string of the molecule is COc1ccccc1CN1CCCn2nc(C(O)c3ccnn3C)cc2C1. The van der Waals surface area contributed by atoms with E-state index in [1.165, 1.54) is 5.56 Å². The van der Waals surface area contributed by atoms with Gasteiger partial charge in [0.15, 0.2) is 0 Å². The third-order valence-corrected chi connectivity index (χ3v) is 5.12. The predicted molar refractivity (Wildman–Crippen MR) is 101 cm³/mol. The summed E-state index contributed by atoms with van der Waals surface area (Å²) in [6.45, 7) is 3.48. The molecule has 1 unspecified atom stereocenters. The lowest BCUT2D eigenvalue weighted by Crippen LogP contribution is -2.23. The van der Waals surface area contributed by atoms with Crippen LogP contribution in [0.4, 0.5) is 0 Å². The highest BCUT2D eigenvalue weighted by atomic mass is 16.5. The molecule has 4 rings (SSSR count). The second-order valence-corrected chi connectivity index (χ2v) is 6.94. The molecular formula is C20H25N5O2. The Morgan fingerprint density at radius 1 is 1.22 bits per heavy atom. The number of aromatic nitrogens is 4. The van der Waals surface area contributed by atoms with Crippen molar-refractivity contribution in [2.45, 2.75) is 32.2 Å². The highest BCUT2D eigenvalue weighted by Gasteiger charge is 2.22. The Morgan fingerprint density at radius 2 is 2.07 bits per heavy atom. The van der Waals surface area contributed by atoms with Gasteiger partial charge in [-0.2, -0.15) is 10.2 Å². The maximum absolute atomic E-state index is 10.7. The molecule has 27 heavy (non-hydrogen) atoms. The number of rotatable bonds is 5. The summed E-state index contributed by atoms with van der Waals surface area (Å²) < 4.78 is 9.20. The highest BCUT2D eigenvalue weighted by molar-refractivity contribution is 5.33. The van der Waals surface area contributed by atoms with Crippen LogP contribution in [0.15, 0.2) is 42.6 Å². The fourth-order valence-electron chi connectivity index (χ4n) is 3.70. The first kappa shape index (κ1) is 17.8. The van der Waals surface area contributed by atoms with Gasteiger partial charge in [-0.15, -0.1) is 0 Å². The minimum absolute atomic E-state index is 0.674. The monoisotopic (exact) mass is 367 g/mol. The van der Waals surface area contributed by atoms with Crippen molar-refractivity contribution in [2.75, 3.05) is 13.7 Å². The van der Waals surface area contributed by atoms with Crippen LogP contribution in [-0.2, 0) is 26.7 Å². The van der Waals surface area contributed by atoms with E-state index in [-0.39, 0.29) is 0 Å². The van der Waals surface area contributed by atoms with Gasteiger partial charge in [-0.05, 0) is 24.6 Å². The number of aliphatic hydroxyl groups excluding tert-OH is 1. The highest BCUT2D eigenvalue weighted by Crippen LogP contribution is 2.25. The van der Waals surface area contributed by atoms with Crippen molar-refractivity contribution in [2.24, 2.45) is 7.05 Å². The number of hydrogen-bond acceptors (Lipinski definition) is 5. The van der Waals surface area contributed by atoms with Crippen molar-refractivity contribution in [3.05, 3.63) is 65.2 Å². The summed E-state index contributed by atoms with van der Waals surface area (Å²) in [5, 5.41) is 19.5. The Balaban J connectivity index is 1.54. The second-order valence-electron chi connectivity index (χ2n) is 6.94. The second kappa shape index (κ2) is 7.54.